The van der Waals surface area contributed by atoms with Crippen LogP contribution in [0.5, 0.6) is 5.75 Å². The number of fused-ring (bicyclic) bond motifs is 1. The van der Waals surface area contributed by atoms with Crippen LogP contribution in [0, 0.1) is 6.92 Å². The van der Waals surface area contributed by atoms with Crippen LogP contribution in [0.25, 0.3) is 22.2 Å². The van der Waals surface area contributed by atoms with Gasteiger partial charge in [0.05, 0.1) is 42.1 Å². The van der Waals surface area contributed by atoms with Gasteiger partial charge in [-0.15, -0.1) is 0 Å². The fraction of sp³-hybridized carbons (Fsp3) is 0.357. The van der Waals surface area contributed by atoms with Crippen molar-refractivity contribution >= 4 is 22.6 Å². The van der Waals surface area contributed by atoms with Gasteiger partial charge in [0.15, 0.2) is 0 Å². The predicted molar refractivity (Wildman–Crippen MR) is 148 cm³/mol. The van der Waals surface area contributed by atoms with Gasteiger partial charge in [0.1, 0.15) is 11.6 Å². The summed E-state index contributed by atoms with van der Waals surface area (Å²) in [6.45, 7) is 2.85. The molecule has 0 spiro atoms. The SMILES string of the molecule is Cc1ccc(OC(F)F)c(Cn2c3cc(-c4cnc(N5CCN(C(=O)CN)[C@@H](C)C5)cn4)ccc3c(=O)n2C)c1. The normalized spacial score (nSPS) is 15.7. The average molecular weight is 552 g/mol. The lowest BCUT2D eigenvalue weighted by Crippen LogP contribution is -2.55. The molecule has 0 saturated carbocycles. The largest absolute Gasteiger partial charge is 0.434 e. The molecule has 12 heteroatoms. The highest BCUT2D eigenvalue weighted by Gasteiger charge is 2.27. The molecular weight excluding hydrogens is 520 g/mol. The minimum absolute atomic E-state index is 0.00325. The van der Waals surface area contributed by atoms with Crippen molar-refractivity contribution in [3.8, 4) is 17.0 Å². The molecule has 2 aromatic heterocycles. The Hall–Kier alpha value is -4.32. The zero-order valence-electron chi connectivity index (χ0n) is 22.6. The molecule has 0 bridgehead atoms. The lowest BCUT2D eigenvalue weighted by molar-refractivity contribution is -0.132. The highest BCUT2D eigenvalue weighted by atomic mass is 19.3. The third kappa shape index (κ3) is 5.26. The standard InChI is InChI=1S/C28H31F2N7O3/c1-17-4-7-24(40-28(29)30)20(10-17)16-37-23-11-19(5-6-21(23)27(39)34(37)3)22-13-33-25(14-32-22)35-8-9-36(18(2)15-35)26(38)12-31/h4-7,10-11,13-14,18,28H,8-9,12,15-16,31H2,1-3H3/t18-/m0/s1. The van der Waals surface area contributed by atoms with Crippen molar-refractivity contribution < 1.29 is 18.3 Å². The van der Waals surface area contributed by atoms with Gasteiger partial charge in [-0.2, -0.15) is 8.78 Å². The van der Waals surface area contributed by atoms with Gasteiger partial charge in [-0.05, 0) is 32.0 Å². The molecule has 2 aromatic carbocycles. The monoisotopic (exact) mass is 551 g/mol. The molecule has 0 aliphatic carbocycles. The maximum absolute atomic E-state index is 13.0. The minimum atomic E-state index is -2.96. The zero-order valence-corrected chi connectivity index (χ0v) is 22.6. The smallest absolute Gasteiger partial charge is 0.387 e. The van der Waals surface area contributed by atoms with Crippen LogP contribution < -0.4 is 20.9 Å². The van der Waals surface area contributed by atoms with E-state index in [4.69, 9.17) is 10.5 Å². The Balaban J connectivity index is 1.43. The van der Waals surface area contributed by atoms with Gasteiger partial charge >= 0.3 is 6.61 Å². The molecule has 2 N–H and O–H groups in total. The van der Waals surface area contributed by atoms with Crippen LogP contribution in [0.1, 0.15) is 18.1 Å². The van der Waals surface area contributed by atoms with Crippen LogP contribution in [0.2, 0.25) is 0 Å². The number of nitrogens with zero attached hydrogens (tertiary/aromatic N) is 6. The Labute approximate surface area is 229 Å². The van der Waals surface area contributed by atoms with E-state index in [9.17, 15) is 18.4 Å². The molecule has 1 atom stereocenters. The number of halogens is 2. The summed E-state index contributed by atoms with van der Waals surface area (Å²) in [6, 6.07) is 10.4. The number of piperazine rings is 1. The molecule has 1 amide bonds. The van der Waals surface area contributed by atoms with Crippen molar-refractivity contribution in [3.05, 3.63) is 70.3 Å². The molecule has 1 saturated heterocycles. The van der Waals surface area contributed by atoms with Gasteiger partial charge in [0.25, 0.3) is 5.56 Å². The number of hydrogen-bond acceptors (Lipinski definition) is 7. The molecule has 0 unspecified atom stereocenters. The number of rotatable bonds is 7. The van der Waals surface area contributed by atoms with Crippen molar-refractivity contribution in [2.45, 2.75) is 33.0 Å². The summed E-state index contributed by atoms with van der Waals surface area (Å²) in [7, 11) is 1.64. The highest BCUT2D eigenvalue weighted by molar-refractivity contribution is 5.84. The number of nitrogens with two attached hydrogens (primary N) is 1. The summed E-state index contributed by atoms with van der Waals surface area (Å²) in [5.41, 5.74) is 8.75. The highest BCUT2D eigenvalue weighted by Crippen LogP contribution is 2.27. The molecule has 1 aliphatic heterocycles. The Morgan fingerprint density at radius 1 is 1.15 bits per heavy atom. The van der Waals surface area contributed by atoms with Gasteiger partial charge in [-0.1, -0.05) is 23.8 Å². The van der Waals surface area contributed by atoms with E-state index in [2.05, 4.69) is 14.9 Å². The lowest BCUT2D eigenvalue weighted by Gasteiger charge is -2.40. The third-order valence-electron chi connectivity index (χ3n) is 7.29. The van der Waals surface area contributed by atoms with Crippen LogP contribution >= 0.6 is 0 Å². The maximum atomic E-state index is 13.0. The number of ether oxygens (including phenoxy) is 1. The van der Waals surface area contributed by atoms with Crippen molar-refractivity contribution in [2.75, 3.05) is 31.1 Å². The molecule has 210 valence electrons. The second-order valence-electron chi connectivity index (χ2n) is 9.95. The summed E-state index contributed by atoms with van der Waals surface area (Å²) in [5, 5.41) is 0.499. The van der Waals surface area contributed by atoms with E-state index in [1.807, 2.05) is 26.0 Å². The second-order valence-corrected chi connectivity index (χ2v) is 9.95. The molecular formula is C28H31F2N7O3. The number of carbonyl (C=O) groups is 1. The number of aryl methyl sites for hydroxylation is 1. The summed E-state index contributed by atoms with van der Waals surface area (Å²) in [5.74, 6) is 0.706. The number of benzene rings is 2. The number of alkyl halides is 2. The summed E-state index contributed by atoms with van der Waals surface area (Å²) < 4.78 is 34.0. The van der Waals surface area contributed by atoms with E-state index in [1.54, 1.807) is 47.2 Å². The van der Waals surface area contributed by atoms with Gasteiger partial charge in [0, 0.05) is 43.9 Å². The van der Waals surface area contributed by atoms with E-state index >= 15 is 0 Å². The minimum Gasteiger partial charge on any atom is -0.434 e. The first-order chi connectivity index (χ1) is 19.2. The Kier molecular flexibility index (Phi) is 7.53. The summed E-state index contributed by atoms with van der Waals surface area (Å²) in [4.78, 5) is 38.1. The zero-order chi connectivity index (χ0) is 28.6. The number of amides is 1. The molecule has 1 aliphatic rings. The predicted octanol–water partition coefficient (Wildman–Crippen LogP) is 2.75. The second kappa shape index (κ2) is 11.0. The fourth-order valence-corrected chi connectivity index (χ4v) is 5.21. The molecule has 1 fully saturated rings. The molecule has 0 radical (unpaired) electrons. The molecule has 10 nitrogen and oxygen atoms in total. The van der Waals surface area contributed by atoms with Crippen LogP contribution in [0.4, 0.5) is 14.6 Å². The van der Waals surface area contributed by atoms with E-state index in [-0.39, 0.29) is 36.3 Å². The maximum Gasteiger partial charge on any atom is 0.387 e. The molecule has 3 heterocycles. The van der Waals surface area contributed by atoms with Crippen molar-refractivity contribution in [2.24, 2.45) is 12.8 Å². The van der Waals surface area contributed by atoms with Gasteiger partial charge < -0.3 is 20.3 Å². The fourth-order valence-electron chi connectivity index (χ4n) is 5.21. The first-order valence-corrected chi connectivity index (χ1v) is 13.0. The van der Waals surface area contributed by atoms with Crippen LogP contribution in [-0.4, -0.2) is 69.0 Å². The number of hydrogen-bond donors (Lipinski definition) is 1. The van der Waals surface area contributed by atoms with E-state index in [0.717, 1.165) is 11.1 Å². The van der Waals surface area contributed by atoms with Gasteiger partial charge in [-0.25, -0.2) is 4.98 Å². The van der Waals surface area contributed by atoms with E-state index < -0.39 is 6.61 Å². The third-order valence-corrected chi connectivity index (χ3v) is 7.29. The Morgan fingerprint density at radius 3 is 2.62 bits per heavy atom. The quantitative estimate of drug-likeness (QED) is 0.376. The van der Waals surface area contributed by atoms with E-state index in [0.29, 0.717) is 47.6 Å². The first-order valence-electron chi connectivity index (χ1n) is 13.0. The van der Waals surface area contributed by atoms with Crippen molar-refractivity contribution in [3.63, 3.8) is 0 Å². The first kappa shape index (κ1) is 27.3. The Bertz CT molecular complexity index is 1600. The van der Waals surface area contributed by atoms with Crippen LogP contribution in [0.15, 0.2) is 53.6 Å². The van der Waals surface area contributed by atoms with Crippen LogP contribution in [-0.2, 0) is 18.4 Å². The number of aromatic nitrogens is 4. The topological polar surface area (TPSA) is 112 Å². The van der Waals surface area contributed by atoms with Crippen molar-refractivity contribution in [1.29, 1.82) is 0 Å². The molecule has 4 aromatic rings. The lowest BCUT2D eigenvalue weighted by atomic mass is 10.1. The van der Waals surface area contributed by atoms with Crippen LogP contribution in [0.3, 0.4) is 0 Å². The summed E-state index contributed by atoms with van der Waals surface area (Å²) in [6.07, 6.45) is 3.38. The summed E-state index contributed by atoms with van der Waals surface area (Å²) >= 11 is 0. The van der Waals surface area contributed by atoms with Crippen molar-refractivity contribution in [1.82, 2.24) is 24.2 Å². The number of anilines is 1. The van der Waals surface area contributed by atoms with Gasteiger partial charge in [-0.3, -0.25) is 23.9 Å². The number of carbonyl (C=O) groups excluding carboxylic acids is 1. The van der Waals surface area contributed by atoms with E-state index in [1.165, 1.54) is 10.7 Å². The Morgan fingerprint density at radius 2 is 1.95 bits per heavy atom. The molecule has 40 heavy (non-hydrogen) atoms. The van der Waals surface area contributed by atoms with Gasteiger partial charge in [0.2, 0.25) is 5.91 Å². The molecule has 5 rings (SSSR count). The average Bonchev–Trinajstić information content (AvgIpc) is 3.18.